The largest absolute Gasteiger partial charge is 0.508 e. The SMILES string of the molecule is COc1ccc([C@H]2CC(=O)C3=C(C2)NC(C)=C(C(=O)Nc2ccccc2C)[C@@H]3c2ccc(O)cc2)cc1OC. The van der Waals surface area contributed by atoms with Crippen LogP contribution in [0.15, 0.2) is 89.3 Å². The summed E-state index contributed by atoms with van der Waals surface area (Å²) in [5.74, 6) is 0.464. The smallest absolute Gasteiger partial charge is 0.254 e. The van der Waals surface area contributed by atoms with E-state index < -0.39 is 5.92 Å². The number of hydrogen-bond acceptors (Lipinski definition) is 6. The number of carbonyl (C=O) groups excluding carboxylic acids is 2. The lowest BCUT2D eigenvalue weighted by molar-refractivity contribution is -0.116. The molecule has 0 saturated heterocycles. The molecule has 1 aliphatic carbocycles. The molecule has 0 bridgehead atoms. The number of hydrogen-bond donors (Lipinski definition) is 3. The predicted molar refractivity (Wildman–Crippen MR) is 150 cm³/mol. The summed E-state index contributed by atoms with van der Waals surface area (Å²) in [6, 6.07) is 20.1. The first-order chi connectivity index (χ1) is 18.8. The van der Waals surface area contributed by atoms with Crippen LogP contribution in [0.4, 0.5) is 5.69 Å². The van der Waals surface area contributed by atoms with E-state index in [4.69, 9.17) is 9.47 Å². The first-order valence-electron chi connectivity index (χ1n) is 12.9. The first kappa shape index (κ1) is 26.1. The molecule has 0 spiro atoms. The van der Waals surface area contributed by atoms with Crippen LogP contribution < -0.4 is 20.1 Å². The lowest BCUT2D eigenvalue weighted by atomic mass is 9.71. The summed E-state index contributed by atoms with van der Waals surface area (Å²) in [5, 5.41) is 16.4. The van der Waals surface area contributed by atoms with Crippen molar-refractivity contribution in [3.8, 4) is 17.2 Å². The number of rotatable bonds is 6. The second-order valence-electron chi connectivity index (χ2n) is 9.99. The van der Waals surface area contributed by atoms with E-state index >= 15 is 0 Å². The minimum atomic E-state index is -0.565. The number of ether oxygens (including phenoxy) is 2. The van der Waals surface area contributed by atoms with Crippen LogP contribution in [0.25, 0.3) is 0 Å². The molecule has 3 N–H and O–H groups in total. The zero-order valence-corrected chi connectivity index (χ0v) is 22.5. The molecule has 7 heteroatoms. The van der Waals surface area contributed by atoms with Crippen LogP contribution in [0, 0.1) is 6.92 Å². The molecule has 1 heterocycles. The molecule has 200 valence electrons. The average Bonchev–Trinajstić information content (AvgIpc) is 2.93. The predicted octanol–water partition coefficient (Wildman–Crippen LogP) is 5.72. The molecular formula is C32H32N2O5. The van der Waals surface area contributed by atoms with E-state index in [1.807, 2.05) is 56.3 Å². The molecule has 2 aliphatic rings. The van der Waals surface area contributed by atoms with Crippen LogP contribution >= 0.6 is 0 Å². The number of dihydropyridines is 1. The molecule has 7 nitrogen and oxygen atoms in total. The van der Waals surface area contributed by atoms with Gasteiger partial charge in [-0.25, -0.2) is 0 Å². The van der Waals surface area contributed by atoms with Crippen molar-refractivity contribution in [3.05, 3.63) is 106 Å². The third kappa shape index (κ3) is 5.00. The minimum Gasteiger partial charge on any atom is -0.508 e. The quantitative estimate of drug-likeness (QED) is 0.382. The fourth-order valence-electron chi connectivity index (χ4n) is 5.59. The molecule has 1 aliphatic heterocycles. The van der Waals surface area contributed by atoms with Gasteiger partial charge in [0.2, 0.25) is 0 Å². The Kier molecular flexibility index (Phi) is 7.15. The van der Waals surface area contributed by atoms with Crippen molar-refractivity contribution in [1.82, 2.24) is 5.32 Å². The van der Waals surface area contributed by atoms with Gasteiger partial charge in [0, 0.05) is 40.6 Å². The van der Waals surface area contributed by atoms with Crippen molar-refractivity contribution in [2.45, 2.75) is 38.5 Å². The second kappa shape index (κ2) is 10.7. The third-order valence-electron chi connectivity index (χ3n) is 7.57. The van der Waals surface area contributed by atoms with E-state index in [2.05, 4.69) is 10.6 Å². The molecule has 39 heavy (non-hydrogen) atoms. The number of aryl methyl sites for hydroxylation is 1. The molecule has 0 radical (unpaired) electrons. The summed E-state index contributed by atoms with van der Waals surface area (Å²) in [6.45, 7) is 3.81. The highest BCUT2D eigenvalue weighted by atomic mass is 16.5. The van der Waals surface area contributed by atoms with Crippen molar-refractivity contribution < 1.29 is 24.2 Å². The zero-order chi connectivity index (χ0) is 27.7. The highest BCUT2D eigenvalue weighted by Gasteiger charge is 2.41. The van der Waals surface area contributed by atoms with E-state index in [9.17, 15) is 14.7 Å². The number of methoxy groups -OCH3 is 2. The number of phenols is 1. The van der Waals surface area contributed by atoms with E-state index in [-0.39, 0.29) is 23.4 Å². The van der Waals surface area contributed by atoms with Crippen LogP contribution in [-0.4, -0.2) is 31.0 Å². The van der Waals surface area contributed by atoms with E-state index in [0.29, 0.717) is 41.2 Å². The number of benzene rings is 3. The number of amides is 1. The first-order valence-corrected chi connectivity index (χ1v) is 12.9. The van der Waals surface area contributed by atoms with Gasteiger partial charge in [0.1, 0.15) is 5.75 Å². The summed E-state index contributed by atoms with van der Waals surface area (Å²) in [4.78, 5) is 27.6. The number of para-hydroxylation sites is 1. The van der Waals surface area contributed by atoms with Crippen LogP contribution in [0.5, 0.6) is 17.2 Å². The molecule has 0 unspecified atom stereocenters. The summed E-state index contributed by atoms with van der Waals surface area (Å²) in [7, 11) is 3.19. The van der Waals surface area contributed by atoms with Crippen molar-refractivity contribution >= 4 is 17.4 Å². The summed E-state index contributed by atoms with van der Waals surface area (Å²) >= 11 is 0. The highest BCUT2D eigenvalue weighted by molar-refractivity contribution is 6.10. The molecule has 3 aromatic carbocycles. The van der Waals surface area contributed by atoms with E-state index in [1.165, 1.54) is 0 Å². The number of ketones is 1. The maximum atomic E-state index is 13.9. The van der Waals surface area contributed by atoms with Gasteiger partial charge < -0.3 is 25.2 Å². The maximum Gasteiger partial charge on any atom is 0.254 e. The number of carbonyl (C=O) groups is 2. The number of Topliss-reactive ketones (excluding diaryl/α,β-unsaturated/α-hetero) is 1. The van der Waals surface area contributed by atoms with Crippen LogP contribution in [0.2, 0.25) is 0 Å². The van der Waals surface area contributed by atoms with Gasteiger partial charge in [0.15, 0.2) is 17.3 Å². The molecule has 2 atom stereocenters. The van der Waals surface area contributed by atoms with E-state index in [1.54, 1.807) is 38.5 Å². The van der Waals surface area contributed by atoms with Gasteiger partial charge in [-0.2, -0.15) is 0 Å². The standard InChI is InChI=1S/C32H32N2O5/c1-18-7-5-6-8-24(18)34-32(37)29-19(2)33-25-15-22(21-11-14-27(38-3)28(17-21)39-4)16-26(36)31(25)30(29)20-9-12-23(35)13-10-20/h5-14,17,22,30,33,35H,15-16H2,1-4H3,(H,34,37)/t22-,30+/m1/s1. The molecule has 3 aromatic rings. The molecular weight excluding hydrogens is 492 g/mol. The fourth-order valence-corrected chi connectivity index (χ4v) is 5.59. The Hall–Kier alpha value is -4.52. The van der Waals surface area contributed by atoms with Crippen molar-refractivity contribution in [2.75, 3.05) is 19.5 Å². The number of aromatic hydroxyl groups is 1. The molecule has 0 saturated carbocycles. The molecule has 5 rings (SSSR count). The van der Waals surface area contributed by atoms with Gasteiger partial charge in [0.25, 0.3) is 5.91 Å². The lowest BCUT2D eigenvalue weighted by Crippen LogP contribution is -2.37. The van der Waals surface area contributed by atoms with Crippen molar-refractivity contribution in [3.63, 3.8) is 0 Å². The summed E-state index contributed by atoms with van der Waals surface area (Å²) < 4.78 is 10.9. The molecule has 0 aromatic heterocycles. The lowest BCUT2D eigenvalue weighted by Gasteiger charge is -2.37. The Labute approximate surface area is 228 Å². The number of nitrogens with one attached hydrogen (secondary N) is 2. The van der Waals surface area contributed by atoms with Gasteiger partial charge in [0.05, 0.1) is 14.2 Å². The van der Waals surface area contributed by atoms with E-state index in [0.717, 1.165) is 28.1 Å². The van der Waals surface area contributed by atoms with Gasteiger partial charge >= 0.3 is 0 Å². The van der Waals surface area contributed by atoms with Crippen LogP contribution in [-0.2, 0) is 9.59 Å². The Morgan fingerprint density at radius 3 is 2.31 bits per heavy atom. The fraction of sp³-hybridized carbons (Fsp3) is 0.250. The van der Waals surface area contributed by atoms with Crippen molar-refractivity contribution in [1.29, 1.82) is 0 Å². The van der Waals surface area contributed by atoms with Gasteiger partial charge in [-0.15, -0.1) is 0 Å². The topological polar surface area (TPSA) is 96.9 Å². The molecule has 0 fully saturated rings. The zero-order valence-electron chi connectivity index (χ0n) is 22.5. The van der Waals surface area contributed by atoms with Gasteiger partial charge in [-0.3, -0.25) is 9.59 Å². The summed E-state index contributed by atoms with van der Waals surface area (Å²) in [5.41, 5.74) is 6.01. The second-order valence-corrected chi connectivity index (χ2v) is 9.99. The Morgan fingerprint density at radius 1 is 0.923 bits per heavy atom. The highest BCUT2D eigenvalue weighted by Crippen LogP contribution is 2.46. The number of anilines is 1. The Bertz CT molecular complexity index is 1500. The van der Waals surface area contributed by atoms with Crippen LogP contribution in [0.3, 0.4) is 0 Å². The third-order valence-corrected chi connectivity index (χ3v) is 7.57. The normalized spacial score (nSPS) is 18.8. The van der Waals surface area contributed by atoms with Crippen LogP contribution in [0.1, 0.15) is 48.3 Å². The Morgan fingerprint density at radius 2 is 1.62 bits per heavy atom. The minimum absolute atomic E-state index is 0.0182. The van der Waals surface area contributed by atoms with Gasteiger partial charge in [-0.05, 0) is 73.2 Å². The van der Waals surface area contributed by atoms with Gasteiger partial charge in [-0.1, -0.05) is 36.4 Å². The number of allylic oxidation sites excluding steroid dienone is 3. The monoisotopic (exact) mass is 524 g/mol. The summed E-state index contributed by atoms with van der Waals surface area (Å²) in [6.07, 6.45) is 0.908. The Balaban J connectivity index is 1.55. The maximum absolute atomic E-state index is 13.9. The average molecular weight is 525 g/mol. The molecule has 1 amide bonds. The number of phenolic OH excluding ortho intramolecular Hbond substituents is 1. The van der Waals surface area contributed by atoms with Crippen molar-refractivity contribution in [2.24, 2.45) is 0 Å².